The average Bonchev–Trinajstić information content (AvgIpc) is 2.40. The highest BCUT2D eigenvalue weighted by Crippen LogP contribution is 2.30. The standard InChI is InChI=1S/C14H26N2O4/c1-5-7-15-12(17)11(16-13(18)19-4)10-6-8-20-14(2,3)9-10/h10-11H,5-9H2,1-4H3,(H,15,17)(H,16,18). The largest absolute Gasteiger partial charge is 0.453 e. The van der Waals surface area contributed by atoms with Crippen LogP contribution in [0, 0.1) is 5.92 Å². The molecule has 1 rings (SSSR count). The third-order valence-electron chi connectivity index (χ3n) is 3.50. The summed E-state index contributed by atoms with van der Waals surface area (Å²) in [5, 5.41) is 5.49. The number of carbonyl (C=O) groups excluding carboxylic acids is 2. The zero-order chi connectivity index (χ0) is 15.2. The number of hydrogen-bond donors (Lipinski definition) is 2. The molecule has 0 saturated carbocycles. The van der Waals surface area contributed by atoms with Crippen molar-refractivity contribution in [3.05, 3.63) is 0 Å². The first-order valence-electron chi connectivity index (χ1n) is 7.15. The van der Waals surface area contributed by atoms with E-state index in [1.165, 1.54) is 7.11 Å². The molecule has 0 aromatic carbocycles. The Hall–Kier alpha value is -1.30. The van der Waals surface area contributed by atoms with Gasteiger partial charge in [0.15, 0.2) is 0 Å². The minimum atomic E-state index is -0.578. The van der Waals surface area contributed by atoms with Crippen LogP contribution >= 0.6 is 0 Å². The molecule has 116 valence electrons. The van der Waals surface area contributed by atoms with E-state index in [4.69, 9.17) is 4.74 Å². The van der Waals surface area contributed by atoms with Crippen molar-refractivity contribution in [2.75, 3.05) is 20.3 Å². The Morgan fingerprint density at radius 1 is 1.45 bits per heavy atom. The minimum absolute atomic E-state index is 0.0507. The van der Waals surface area contributed by atoms with Gasteiger partial charge in [-0.15, -0.1) is 0 Å². The van der Waals surface area contributed by atoms with Crippen molar-refractivity contribution in [3.8, 4) is 0 Å². The summed E-state index contributed by atoms with van der Waals surface area (Å²) in [5.74, 6) is -0.102. The molecule has 0 spiro atoms. The van der Waals surface area contributed by atoms with Crippen molar-refractivity contribution < 1.29 is 19.1 Å². The number of hydrogen-bond acceptors (Lipinski definition) is 4. The fraction of sp³-hybridized carbons (Fsp3) is 0.857. The van der Waals surface area contributed by atoms with Gasteiger partial charge < -0.3 is 20.1 Å². The van der Waals surface area contributed by atoms with Crippen molar-refractivity contribution in [1.82, 2.24) is 10.6 Å². The smallest absolute Gasteiger partial charge is 0.407 e. The molecule has 2 amide bonds. The highest BCUT2D eigenvalue weighted by molar-refractivity contribution is 5.85. The summed E-state index contributed by atoms with van der Waals surface area (Å²) in [7, 11) is 1.30. The summed E-state index contributed by atoms with van der Waals surface area (Å²) in [6.45, 7) is 7.18. The van der Waals surface area contributed by atoms with E-state index in [1.54, 1.807) is 0 Å². The van der Waals surface area contributed by atoms with Crippen molar-refractivity contribution >= 4 is 12.0 Å². The molecule has 1 saturated heterocycles. The van der Waals surface area contributed by atoms with E-state index in [0.29, 0.717) is 13.2 Å². The lowest BCUT2D eigenvalue weighted by molar-refractivity contribution is -0.128. The van der Waals surface area contributed by atoms with Gasteiger partial charge in [0.25, 0.3) is 0 Å². The van der Waals surface area contributed by atoms with Gasteiger partial charge in [-0.3, -0.25) is 4.79 Å². The molecule has 0 bridgehead atoms. The van der Waals surface area contributed by atoms with Gasteiger partial charge in [-0.25, -0.2) is 4.79 Å². The Morgan fingerprint density at radius 3 is 2.70 bits per heavy atom. The average molecular weight is 286 g/mol. The molecule has 0 radical (unpaired) electrons. The lowest BCUT2D eigenvalue weighted by Crippen LogP contribution is -2.54. The summed E-state index contributed by atoms with van der Waals surface area (Å²) in [6, 6.07) is -0.572. The molecule has 2 unspecified atom stereocenters. The normalized spacial score (nSPS) is 22.7. The van der Waals surface area contributed by atoms with Crippen LogP contribution in [0.3, 0.4) is 0 Å². The maximum Gasteiger partial charge on any atom is 0.407 e. The molecule has 1 aliphatic heterocycles. The Balaban J connectivity index is 2.75. The van der Waals surface area contributed by atoms with E-state index >= 15 is 0 Å². The monoisotopic (exact) mass is 286 g/mol. The Morgan fingerprint density at radius 2 is 2.15 bits per heavy atom. The van der Waals surface area contributed by atoms with Gasteiger partial charge in [-0.1, -0.05) is 6.92 Å². The maximum absolute atomic E-state index is 12.2. The van der Waals surface area contributed by atoms with Crippen LogP contribution in [0.15, 0.2) is 0 Å². The van der Waals surface area contributed by atoms with E-state index in [-0.39, 0.29) is 17.4 Å². The second-order valence-corrected chi connectivity index (χ2v) is 5.77. The van der Waals surface area contributed by atoms with Gasteiger partial charge in [-0.05, 0) is 39.0 Å². The third-order valence-corrected chi connectivity index (χ3v) is 3.50. The molecule has 6 heteroatoms. The fourth-order valence-corrected chi connectivity index (χ4v) is 2.51. The van der Waals surface area contributed by atoms with Gasteiger partial charge >= 0.3 is 6.09 Å². The summed E-state index contributed by atoms with van der Waals surface area (Å²) in [6.07, 6.45) is 1.75. The highest BCUT2D eigenvalue weighted by atomic mass is 16.5. The molecule has 0 aromatic heterocycles. The summed E-state index contributed by atoms with van der Waals surface area (Å²) in [5.41, 5.74) is -0.274. The number of nitrogens with one attached hydrogen (secondary N) is 2. The molecule has 1 aliphatic rings. The molecule has 6 nitrogen and oxygen atoms in total. The second-order valence-electron chi connectivity index (χ2n) is 5.77. The van der Waals surface area contributed by atoms with Crippen LogP contribution in [0.25, 0.3) is 0 Å². The van der Waals surface area contributed by atoms with Crippen molar-refractivity contribution in [1.29, 1.82) is 0 Å². The first kappa shape index (κ1) is 16.8. The zero-order valence-electron chi connectivity index (χ0n) is 12.8. The van der Waals surface area contributed by atoms with Gasteiger partial charge in [0.1, 0.15) is 6.04 Å². The van der Waals surface area contributed by atoms with Crippen molar-refractivity contribution in [3.63, 3.8) is 0 Å². The summed E-state index contributed by atoms with van der Waals surface area (Å²) < 4.78 is 10.3. The fourth-order valence-electron chi connectivity index (χ4n) is 2.51. The van der Waals surface area contributed by atoms with Gasteiger partial charge in [0, 0.05) is 13.2 Å². The quantitative estimate of drug-likeness (QED) is 0.802. The Kier molecular flexibility index (Phi) is 6.26. The molecule has 1 heterocycles. The first-order valence-corrected chi connectivity index (χ1v) is 7.15. The molecule has 0 aliphatic carbocycles. The van der Waals surface area contributed by atoms with Crippen LogP contribution in [0.4, 0.5) is 4.79 Å². The van der Waals surface area contributed by atoms with Crippen molar-refractivity contribution in [2.24, 2.45) is 5.92 Å². The molecular weight excluding hydrogens is 260 g/mol. The van der Waals surface area contributed by atoms with E-state index in [1.807, 2.05) is 20.8 Å². The number of ether oxygens (including phenoxy) is 2. The molecule has 1 fully saturated rings. The minimum Gasteiger partial charge on any atom is -0.453 e. The summed E-state index contributed by atoms with van der Waals surface area (Å²) >= 11 is 0. The van der Waals surface area contributed by atoms with Gasteiger partial charge in [0.2, 0.25) is 5.91 Å². The number of alkyl carbamates (subject to hydrolysis) is 1. The molecule has 20 heavy (non-hydrogen) atoms. The molecule has 2 atom stereocenters. The topological polar surface area (TPSA) is 76.7 Å². The van der Waals surface area contributed by atoms with E-state index in [9.17, 15) is 9.59 Å². The maximum atomic E-state index is 12.2. The second kappa shape index (κ2) is 7.47. The van der Waals surface area contributed by atoms with E-state index in [0.717, 1.165) is 19.3 Å². The van der Waals surface area contributed by atoms with E-state index < -0.39 is 12.1 Å². The van der Waals surface area contributed by atoms with Crippen LogP contribution in [-0.2, 0) is 14.3 Å². The lowest BCUT2D eigenvalue weighted by atomic mass is 9.83. The van der Waals surface area contributed by atoms with Crippen LogP contribution in [-0.4, -0.2) is 43.9 Å². The zero-order valence-corrected chi connectivity index (χ0v) is 12.8. The predicted molar refractivity (Wildman–Crippen MR) is 75.4 cm³/mol. The van der Waals surface area contributed by atoms with Crippen LogP contribution in [0.1, 0.15) is 40.0 Å². The van der Waals surface area contributed by atoms with E-state index in [2.05, 4.69) is 15.4 Å². The Labute approximate surface area is 120 Å². The van der Waals surface area contributed by atoms with Gasteiger partial charge in [-0.2, -0.15) is 0 Å². The summed E-state index contributed by atoms with van der Waals surface area (Å²) in [4.78, 5) is 23.7. The molecular formula is C14H26N2O4. The first-order chi connectivity index (χ1) is 9.39. The predicted octanol–water partition coefficient (Wildman–Crippen LogP) is 1.44. The van der Waals surface area contributed by atoms with Crippen LogP contribution < -0.4 is 10.6 Å². The van der Waals surface area contributed by atoms with Crippen LogP contribution in [0.5, 0.6) is 0 Å². The highest BCUT2D eigenvalue weighted by Gasteiger charge is 2.37. The number of methoxy groups -OCH3 is 1. The van der Waals surface area contributed by atoms with Gasteiger partial charge in [0.05, 0.1) is 12.7 Å². The third kappa shape index (κ3) is 5.00. The number of amides is 2. The SMILES string of the molecule is CCCNC(=O)C(NC(=O)OC)C1CCOC(C)(C)C1. The number of rotatable bonds is 5. The number of carbonyl (C=O) groups is 2. The molecule has 0 aromatic rings. The van der Waals surface area contributed by atoms with Crippen LogP contribution in [0.2, 0.25) is 0 Å². The Bertz CT molecular complexity index is 344. The molecule has 2 N–H and O–H groups in total. The lowest BCUT2D eigenvalue weighted by Gasteiger charge is -2.38. The van der Waals surface area contributed by atoms with Crippen molar-refractivity contribution in [2.45, 2.75) is 51.7 Å².